The fourth-order valence-electron chi connectivity index (χ4n) is 7.25. The molecule has 1 aliphatic carbocycles. The summed E-state index contributed by atoms with van der Waals surface area (Å²) in [5.74, 6) is 0.300. The van der Waals surface area contributed by atoms with Gasteiger partial charge in [-0.05, 0) is 130 Å². The molecule has 1 saturated heterocycles. The van der Waals surface area contributed by atoms with Gasteiger partial charge in [0, 0.05) is 54.3 Å². The van der Waals surface area contributed by atoms with Gasteiger partial charge < -0.3 is 31.6 Å². The van der Waals surface area contributed by atoms with E-state index in [1.165, 1.54) is 0 Å². The molecule has 4 aromatic rings. The third kappa shape index (κ3) is 10.7. The van der Waals surface area contributed by atoms with Gasteiger partial charge in [-0.2, -0.15) is 0 Å². The number of carbonyl (C=O) groups is 3. The van der Waals surface area contributed by atoms with Crippen LogP contribution in [0.4, 0.5) is 5.69 Å². The molecule has 2 fully saturated rings. The summed E-state index contributed by atoms with van der Waals surface area (Å²) >= 11 is 5.89. The Kier molecular flexibility index (Phi) is 14.0. The van der Waals surface area contributed by atoms with E-state index in [0.717, 1.165) is 73.9 Å². The summed E-state index contributed by atoms with van der Waals surface area (Å²) in [5.41, 5.74) is 10.6. The van der Waals surface area contributed by atoms with Gasteiger partial charge in [0.25, 0.3) is 5.91 Å². The molecular formula is C40H50Cl2N8O3. The van der Waals surface area contributed by atoms with Gasteiger partial charge in [0.05, 0.1) is 0 Å². The molecule has 6 rings (SSSR count). The van der Waals surface area contributed by atoms with Crippen LogP contribution in [0.5, 0.6) is 0 Å². The van der Waals surface area contributed by atoms with Crippen molar-refractivity contribution in [2.24, 2.45) is 17.6 Å². The molecule has 0 bridgehead atoms. The van der Waals surface area contributed by atoms with Crippen LogP contribution in [0.25, 0.3) is 22.5 Å². The highest BCUT2D eigenvalue weighted by Gasteiger charge is 2.30. The van der Waals surface area contributed by atoms with Crippen LogP contribution in [0.3, 0.4) is 0 Å². The van der Waals surface area contributed by atoms with E-state index in [2.05, 4.69) is 49.9 Å². The molecule has 1 saturated carbocycles. The van der Waals surface area contributed by atoms with Gasteiger partial charge in [0.15, 0.2) is 5.82 Å². The van der Waals surface area contributed by atoms with Crippen LogP contribution in [0.2, 0.25) is 5.28 Å². The third-order valence-corrected chi connectivity index (χ3v) is 10.7. The lowest BCUT2D eigenvalue weighted by Crippen LogP contribution is -2.48. The van der Waals surface area contributed by atoms with Gasteiger partial charge in [-0.3, -0.25) is 14.4 Å². The molecule has 13 heteroatoms. The molecule has 2 aliphatic rings. The lowest BCUT2D eigenvalue weighted by atomic mass is 9.81. The predicted molar refractivity (Wildman–Crippen MR) is 212 cm³/mol. The lowest BCUT2D eigenvalue weighted by Gasteiger charge is -2.34. The molecule has 0 radical (unpaired) electrons. The fraction of sp³-hybridized carbons (Fsp3) is 0.425. The molecule has 11 nitrogen and oxygen atoms in total. The maximum Gasteiger partial charge on any atom is 0.251 e. The van der Waals surface area contributed by atoms with Crippen molar-refractivity contribution in [3.8, 4) is 22.5 Å². The number of anilines is 1. The summed E-state index contributed by atoms with van der Waals surface area (Å²) in [5, 5.41) is 17.3. The van der Waals surface area contributed by atoms with E-state index in [1.54, 1.807) is 12.1 Å². The molecule has 2 heterocycles. The van der Waals surface area contributed by atoms with Crippen molar-refractivity contribution in [2.75, 3.05) is 25.0 Å². The summed E-state index contributed by atoms with van der Waals surface area (Å²) in [6.07, 6.45) is 5.49. The second-order valence-corrected chi connectivity index (χ2v) is 14.8. The van der Waals surface area contributed by atoms with Gasteiger partial charge >= 0.3 is 0 Å². The molecule has 0 spiro atoms. The molecule has 282 valence electrons. The van der Waals surface area contributed by atoms with Crippen molar-refractivity contribution in [1.29, 1.82) is 0 Å². The molecule has 6 N–H and O–H groups in total. The molecule has 1 aliphatic heterocycles. The van der Waals surface area contributed by atoms with Crippen LogP contribution in [-0.2, 0) is 16.0 Å². The Bertz CT molecular complexity index is 1830. The van der Waals surface area contributed by atoms with Gasteiger partial charge in [-0.25, -0.2) is 0 Å². The van der Waals surface area contributed by atoms with E-state index in [0.29, 0.717) is 35.6 Å². The lowest BCUT2D eigenvalue weighted by molar-refractivity contribution is -0.130. The first-order chi connectivity index (χ1) is 25.1. The standard InChI is InChI=1S/C40H49ClN8O3.ClH/c1-25(2)49-19-17-34(18-20-49)43-38(51)32-8-4-7-31(23-32)30-6-3-5-27(21-30)22-35(45-37(50)29-11-9-26(24-42)10-12-29)39(52)44-33-15-13-28(14-16-33)36-46-40(41)48-47-36;/h3-8,13-16,21,23,25-26,29,34-35H,9-12,17-20,22,24,42H2,1-2H3,(H,43,51)(H,44,52)(H,45,50)(H,46,47,48);1H/t26?,29?,35-;/m0./s1. The Balaban J connectivity index is 0.00000541. The first kappa shape index (κ1) is 39.9. The van der Waals surface area contributed by atoms with E-state index >= 15 is 0 Å². The monoisotopic (exact) mass is 760 g/mol. The van der Waals surface area contributed by atoms with E-state index in [-0.39, 0.29) is 53.8 Å². The highest BCUT2D eigenvalue weighted by Crippen LogP contribution is 2.29. The number of nitrogens with zero attached hydrogens (tertiary/aromatic N) is 3. The first-order valence-corrected chi connectivity index (χ1v) is 18.8. The van der Waals surface area contributed by atoms with Crippen LogP contribution in [-0.4, -0.2) is 75.6 Å². The molecule has 3 aromatic carbocycles. The number of rotatable bonds is 12. The van der Waals surface area contributed by atoms with Gasteiger partial charge in [0.2, 0.25) is 17.1 Å². The van der Waals surface area contributed by atoms with Crippen LogP contribution < -0.4 is 21.7 Å². The summed E-state index contributed by atoms with van der Waals surface area (Å²) in [4.78, 5) is 46.0. The topological polar surface area (TPSA) is 158 Å². The number of hydrogen-bond acceptors (Lipinski definition) is 7. The second-order valence-electron chi connectivity index (χ2n) is 14.4. The van der Waals surface area contributed by atoms with E-state index < -0.39 is 6.04 Å². The number of carbonyl (C=O) groups excluding carboxylic acids is 3. The molecular weight excluding hydrogens is 711 g/mol. The number of piperidine rings is 1. The second kappa shape index (κ2) is 18.6. The maximum absolute atomic E-state index is 13.8. The molecule has 1 aromatic heterocycles. The molecule has 3 amide bonds. The number of nitrogens with two attached hydrogens (primary N) is 1. The van der Waals surface area contributed by atoms with E-state index in [1.807, 2.05) is 60.7 Å². The fourth-order valence-corrected chi connectivity index (χ4v) is 7.38. The minimum absolute atomic E-state index is 0. The first-order valence-electron chi connectivity index (χ1n) is 18.4. The molecule has 1 atom stereocenters. The van der Waals surface area contributed by atoms with Gasteiger partial charge in [0.1, 0.15) is 6.04 Å². The van der Waals surface area contributed by atoms with Crippen molar-refractivity contribution in [2.45, 2.75) is 76.9 Å². The van der Waals surface area contributed by atoms with Gasteiger partial charge in [-0.15, -0.1) is 22.6 Å². The smallest absolute Gasteiger partial charge is 0.251 e. The third-order valence-electron chi connectivity index (χ3n) is 10.5. The number of aromatic amines is 1. The van der Waals surface area contributed by atoms with Crippen molar-refractivity contribution in [3.05, 3.63) is 89.2 Å². The minimum Gasteiger partial charge on any atom is -0.349 e. The van der Waals surface area contributed by atoms with Crippen molar-refractivity contribution in [1.82, 2.24) is 30.7 Å². The van der Waals surface area contributed by atoms with Crippen LogP contribution in [0.1, 0.15) is 68.3 Å². The van der Waals surface area contributed by atoms with Crippen LogP contribution in [0.15, 0.2) is 72.8 Å². The average Bonchev–Trinajstić information content (AvgIpc) is 3.61. The normalized spacial score (nSPS) is 18.5. The Morgan fingerprint density at radius 1 is 0.887 bits per heavy atom. The van der Waals surface area contributed by atoms with Crippen molar-refractivity contribution < 1.29 is 14.4 Å². The Morgan fingerprint density at radius 3 is 2.21 bits per heavy atom. The number of nitrogens with one attached hydrogen (secondary N) is 4. The number of aromatic nitrogens is 3. The highest BCUT2D eigenvalue weighted by atomic mass is 35.5. The Labute approximate surface area is 322 Å². The minimum atomic E-state index is -0.818. The van der Waals surface area contributed by atoms with Crippen molar-refractivity contribution in [3.63, 3.8) is 0 Å². The zero-order valence-corrected chi connectivity index (χ0v) is 31.9. The zero-order valence-electron chi connectivity index (χ0n) is 30.3. The number of hydrogen-bond donors (Lipinski definition) is 5. The number of likely N-dealkylation sites (tertiary alicyclic amines) is 1. The number of amides is 3. The van der Waals surface area contributed by atoms with Crippen molar-refractivity contribution >= 4 is 47.4 Å². The Hall–Kier alpha value is -4.29. The van der Waals surface area contributed by atoms with Gasteiger partial charge in [-0.1, -0.05) is 36.4 Å². The quantitative estimate of drug-likeness (QED) is 0.114. The molecule has 0 unspecified atom stereocenters. The maximum atomic E-state index is 13.8. The SMILES string of the molecule is CC(C)N1CCC(NC(=O)c2cccc(-c3cccc(C[C@H](NC(=O)C4CCC(CN)CC4)C(=O)Nc4ccc(-c5nnc(Cl)[nH]5)cc4)c3)c2)CC1.Cl. The summed E-state index contributed by atoms with van der Waals surface area (Å²) in [6, 6.07) is 22.6. The highest BCUT2D eigenvalue weighted by molar-refractivity contribution is 6.28. The summed E-state index contributed by atoms with van der Waals surface area (Å²) in [7, 11) is 0. The largest absolute Gasteiger partial charge is 0.349 e. The summed E-state index contributed by atoms with van der Waals surface area (Å²) in [6.45, 7) is 7.01. The Morgan fingerprint density at radius 2 is 1.57 bits per heavy atom. The van der Waals surface area contributed by atoms with E-state index in [9.17, 15) is 14.4 Å². The van der Waals surface area contributed by atoms with Crippen LogP contribution >= 0.6 is 24.0 Å². The molecule has 53 heavy (non-hydrogen) atoms. The zero-order chi connectivity index (χ0) is 36.6. The average molecular weight is 762 g/mol. The van der Waals surface area contributed by atoms with Crippen LogP contribution in [0, 0.1) is 11.8 Å². The number of halogens is 2. The number of H-pyrrole nitrogens is 1. The number of benzene rings is 3. The summed E-state index contributed by atoms with van der Waals surface area (Å²) < 4.78 is 0. The van der Waals surface area contributed by atoms with E-state index in [4.69, 9.17) is 17.3 Å². The predicted octanol–water partition coefficient (Wildman–Crippen LogP) is 6.25.